The molecule has 1 rings (SSSR count). The van der Waals surface area contributed by atoms with E-state index in [9.17, 15) is 13.2 Å². The molecule has 1 aliphatic rings. The Morgan fingerprint density at radius 1 is 1.41 bits per heavy atom. The number of nitrogens with one attached hydrogen (secondary N) is 1. The highest BCUT2D eigenvalue weighted by molar-refractivity contribution is 14.1. The highest BCUT2D eigenvalue weighted by atomic mass is 127. The molecule has 0 spiro atoms. The fraction of sp³-hybridized carbons (Fsp3) is 0.900. The van der Waals surface area contributed by atoms with Crippen molar-refractivity contribution in [2.75, 3.05) is 42.2 Å². The Morgan fingerprint density at radius 3 is 2.53 bits per heavy atom. The van der Waals surface area contributed by atoms with E-state index in [1.54, 1.807) is 0 Å². The number of quaternary nitrogens is 1. The van der Waals surface area contributed by atoms with Gasteiger partial charge in [0.15, 0.2) is 9.84 Å². The molecule has 0 amide bonds. The van der Waals surface area contributed by atoms with Crippen molar-refractivity contribution < 1.29 is 22.8 Å². The summed E-state index contributed by atoms with van der Waals surface area (Å²) in [5, 5.41) is 0. The maximum atomic E-state index is 11.4. The molecule has 0 bridgehead atoms. The Morgan fingerprint density at radius 2 is 2.00 bits per heavy atom. The van der Waals surface area contributed by atoms with Crippen LogP contribution in [0.4, 0.5) is 0 Å². The molecule has 1 atom stereocenters. The fourth-order valence-electron chi connectivity index (χ4n) is 1.58. The highest BCUT2D eigenvalue weighted by Crippen LogP contribution is 2.02. The molecule has 0 radical (unpaired) electrons. The van der Waals surface area contributed by atoms with Gasteiger partial charge in [-0.2, -0.15) is 0 Å². The normalized spacial score (nSPS) is 22.0. The summed E-state index contributed by atoms with van der Waals surface area (Å²) >= 11 is 2.15. The largest absolute Gasteiger partial charge is 0.459 e. The van der Waals surface area contributed by atoms with Crippen molar-refractivity contribution in [3.63, 3.8) is 0 Å². The van der Waals surface area contributed by atoms with Gasteiger partial charge in [0, 0.05) is 4.43 Å². The summed E-state index contributed by atoms with van der Waals surface area (Å²) in [6, 6.07) is 0. The molecule has 100 valence electrons. The van der Waals surface area contributed by atoms with Crippen molar-refractivity contribution >= 4 is 38.4 Å². The van der Waals surface area contributed by atoms with Crippen molar-refractivity contribution in [3.8, 4) is 0 Å². The van der Waals surface area contributed by atoms with Gasteiger partial charge in [0.2, 0.25) is 0 Å². The first-order chi connectivity index (χ1) is 7.94. The predicted octanol–water partition coefficient (Wildman–Crippen LogP) is -1.09. The number of alkyl halides is 1. The monoisotopic (exact) mass is 376 g/mol. The van der Waals surface area contributed by atoms with E-state index in [1.807, 2.05) is 6.92 Å². The smallest absolute Gasteiger partial charge is 0.309 e. The Bertz CT molecular complexity index is 343. The van der Waals surface area contributed by atoms with E-state index in [0.29, 0.717) is 26.2 Å². The van der Waals surface area contributed by atoms with Crippen LogP contribution in [0, 0.1) is 5.92 Å². The average molecular weight is 376 g/mol. The van der Waals surface area contributed by atoms with Gasteiger partial charge in [-0.3, -0.25) is 4.79 Å². The van der Waals surface area contributed by atoms with Crippen LogP contribution in [0.1, 0.15) is 6.92 Å². The van der Waals surface area contributed by atoms with Crippen LogP contribution >= 0.6 is 22.6 Å². The van der Waals surface area contributed by atoms with Crippen LogP contribution in [-0.2, 0) is 19.4 Å². The lowest BCUT2D eigenvalue weighted by molar-refractivity contribution is -0.896. The number of halogens is 1. The van der Waals surface area contributed by atoms with Gasteiger partial charge in [-0.05, 0) is 0 Å². The number of carbonyl (C=O) groups is 1. The Labute approximate surface area is 116 Å². The van der Waals surface area contributed by atoms with Gasteiger partial charge in [-0.15, -0.1) is 0 Å². The summed E-state index contributed by atoms with van der Waals surface area (Å²) in [4.78, 5) is 12.6. The molecule has 1 aliphatic heterocycles. The van der Waals surface area contributed by atoms with Crippen LogP contribution in [0.15, 0.2) is 0 Å². The molecule has 1 fully saturated rings. The fourth-order valence-corrected chi connectivity index (χ4v) is 3.34. The lowest BCUT2D eigenvalue weighted by Gasteiger charge is -2.23. The Kier molecular flexibility index (Phi) is 6.14. The molecule has 0 saturated carbocycles. The van der Waals surface area contributed by atoms with E-state index in [1.165, 1.54) is 4.90 Å². The van der Waals surface area contributed by atoms with Crippen molar-refractivity contribution in [1.29, 1.82) is 0 Å². The molecule has 1 saturated heterocycles. The van der Waals surface area contributed by atoms with Gasteiger partial charge in [-0.25, -0.2) is 8.42 Å². The van der Waals surface area contributed by atoms with E-state index in [0.717, 1.165) is 4.43 Å². The van der Waals surface area contributed by atoms with E-state index in [-0.39, 0.29) is 23.4 Å². The van der Waals surface area contributed by atoms with Crippen LogP contribution in [0.3, 0.4) is 0 Å². The zero-order valence-corrected chi connectivity index (χ0v) is 12.9. The molecule has 1 unspecified atom stereocenters. The minimum atomic E-state index is -2.80. The van der Waals surface area contributed by atoms with Crippen LogP contribution in [0.2, 0.25) is 0 Å². The SMILES string of the molecule is CC(CI)C(=O)OCC[NH+]1CCS(=O)(=O)CC1. The molecule has 17 heavy (non-hydrogen) atoms. The standard InChI is InChI=1S/C10H18INO4S/c1-9(8-11)10(13)16-5-2-12-3-6-17(14,15)7-4-12/h9H,2-8H2,1H3/p+1. The molecular formula is C10H19INO4S+. The second-order valence-corrected chi connectivity index (χ2v) is 7.56. The molecule has 0 aromatic carbocycles. The summed E-state index contributed by atoms with van der Waals surface area (Å²) < 4.78 is 28.3. The van der Waals surface area contributed by atoms with E-state index in [4.69, 9.17) is 4.74 Å². The second kappa shape index (κ2) is 6.89. The van der Waals surface area contributed by atoms with Gasteiger partial charge < -0.3 is 9.64 Å². The summed E-state index contributed by atoms with van der Waals surface area (Å²) in [5.74, 6) is 0.275. The molecule has 0 aromatic heterocycles. The van der Waals surface area contributed by atoms with Gasteiger partial charge in [0.25, 0.3) is 0 Å². The van der Waals surface area contributed by atoms with Crippen molar-refractivity contribution in [3.05, 3.63) is 0 Å². The molecule has 0 aliphatic carbocycles. The molecule has 0 aromatic rings. The number of sulfone groups is 1. The quantitative estimate of drug-likeness (QED) is 0.377. The first kappa shape index (κ1) is 15.2. The molecule has 7 heteroatoms. The first-order valence-corrected chi connectivity index (χ1v) is 9.06. The predicted molar refractivity (Wildman–Crippen MR) is 73.2 cm³/mol. The Hall–Kier alpha value is 0.110. The zero-order chi connectivity index (χ0) is 12.9. The molecule has 1 heterocycles. The van der Waals surface area contributed by atoms with E-state index < -0.39 is 9.84 Å². The zero-order valence-electron chi connectivity index (χ0n) is 9.95. The van der Waals surface area contributed by atoms with Gasteiger partial charge in [0.1, 0.15) is 13.2 Å². The van der Waals surface area contributed by atoms with Crippen LogP contribution < -0.4 is 4.90 Å². The lowest BCUT2D eigenvalue weighted by Crippen LogP contribution is -3.14. The number of hydrogen-bond acceptors (Lipinski definition) is 4. The van der Waals surface area contributed by atoms with Crippen molar-refractivity contribution in [2.24, 2.45) is 5.92 Å². The maximum Gasteiger partial charge on any atom is 0.309 e. The molecule has 5 nitrogen and oxygen atoms in total. The third-order valence-corrected chi connectivity index (χ3v) is 5.84. The first-order valence-electron chi connectivity index (χ1n) is 5.71. The summed E-state index contributed by atoms with van der Waals surface area (Å²) in [7, 11) is -2.80. The number of ether oxygens (including phenoxy) is 1. The minimum absolute atomic E-state index is 0.0627. The van der Waals surface area contributed by atoms with Crippen molar-refractivity contribution in [2.45, 2.75) is 6.92 Å². The number of hydrogen-bond donors (Lipinski definition) is 1. The average Bonchev–Trinajstić information content (AvgIpc) is 2.30. The van der Waals surface area contributed by atoms with E-state index >= 15 is 0 Å². The summed E-state index contributed by atoms with van der Waals surface area (Å²) in [6.45, 7) is 4.18. The lowest BCUT2D eigenvalue weighted by atomic mass is 10.2. The Balaban J connectivity index is 2.18. The number of carbonyl (C=O) groups excluding carboxylic acids is 1. The van der Waals surface area contributed by atoms with Gasteiger partial charge >= 0.3 is 5.97 Å². The van der Waals surface area contributed by atoms with Gasteiger partial charge in [0.05, 0.1) is 30.5 Å². The third-order valence-electron chi connectivity index (χ3n) is 2.87. The molecular weight excluding hydrogens is 357 g/mol. The highest BCUT2D eigenvalue weighted by Gasteiger charge is 2.24. The maximum absolute atomic E-state index is 11.4. The third kappa shape index (κ3) is 5.52. The summed E-state index contributed by atoms with van der Waals surface area (Å²) in [5.41, 5.74) is 0. The second-order valence-electron chi connectivity index (χ2n) is 4.37. The molecule has 1 N–H and O–H groups in total. The topological polar surface area (TPSA) is 64.9 Å². The summed E-state index contributed by atoms with van der Waals surface area (Å²) in [6.07, 6.45) is 0. The minimum Gasteiger partial charge on any atom is -0.459 e. The van der Waals surface area contributed by atoms with Gasteiger partial charge in [-0.1, -0.05) is 29.5 Å². The van der Waals surface area contributed by atoms with Crippen LogP contribution in [0.25, 0.3) is 0 Å². The van der Waals surface area contributed by atoms with Crippen molar-refractivity contribution in [1.82, 2.24) is 0 Å². The van der Waals surface area contributed by atoms with Crippen LogP contribution in [0.5, 0.6) is 0 Å². The number of rotatable bonds is 5. The number of esters is 1. The van der Waals surface area contributed by atoms with Crippen LogP contribution in [-0.4, -0.2) is 56.6 Å². The van der Waals surface area contributed by atoms with E-state index in [2.05, 4.69) is 22.6 Å².